The number of halogens is 1. The van der Waals surface area contributed by atoms with Gasteiger partial charge in [-0.25, -0.2) is 9.59 Å². The van der Waals surface area contributed by atoms with Crippen LogP contribution >= 0.6 is 11.6 Å². The second kappa shape index (κ2) is 7.60. The molecule has 22 heavy (non-hydrogen) atoms. The fourth-order valence-corrected chi connectivity index (χ4v) is 1.31. The molecule has 2 N–H and O–H groups in total. The van der Waals surface area contributed by atoms with Crippen molar-refractivity contribution in [3.63, 3.8) is 0 Å². The zero-order valence-corrected chi connectivity index (χ0v) is 13.4. The van der Waals surface area contributed by atoms with Gasteiger partial charge in [0.25, 0.3) is 0 Å². The predicted octanol–water partition coefficient (Wildman–Crippen LogP) is 2.08. The minimum absolute atomic E-state index is 0.145. The fraction of sp³-hybridized carbons (Fsp3) is 0.385. The lowest BCUT2D eigenvalue weighted by molar-refractivity contribution is -0.136. The van der Waals surface area contributed by atoms with Gasteiger partial charge < -0.3 is 14.8 Å². The molecule has 0 atom stereocenters. The van der Waals surface area contributed by atoms with Gasteiger partial charge in [0.15, 0.2) is 11.0 Å². The minimum atomic E-state index is -0.784. The van der Waals surface area contributed by atoms with E-state index in [1.54, 1.807) is 26.8 Å². The molecule has 0 bridgehead atoms. The van der Waals surface area contributed by atoms with Crippen LogP contribution in [0.4, 0.5) is 10.6 Å². The summed E-state index contributed by atoms with van der Waals surface area (Å²) in [6, 6.07) is 3.07. The molecule has 0 aliphatic rings. The number of hydrogen-bond donors (Lipinski definition) is 2. The molecule has 120 valence electrons. The van der Waals surface area contributed by atoms with Gasteiger partial charge in [0, 0.05) is 6.20 Å². The van der Waals surface area contributed by atoms with Gasteiger partial charge in [-0.3, -0.25) is 5.32 Å². The summed E-state index contributed by atoms with van der Waals surface area (Å²) in [7, 11) is 1.19. The first-order valence-corrected chi connectivity index (χ1v) is 6.63. The third-order valence-electron chi connectivity index (χ3n) is 2.04. The molecule has 0 saturated carbocycles. The standard InChI is InChI=1S/C13H17ClN4O4/c1-13(2,3)22-12(20)16-8(11(19)21-4)7-15-10-6-5-9(14)17-18-10/h5-7H,1-4H3,(H,15,18)(H,16,20)/b8-7-. The van der Waals surface area contributed by atoms with Crippen LogP contribution in [0.1, 0.15) is 20.8 Å². The highest BCUT2D eigenvalue weighted by atomic mass is 35.5. The van der Waals surface area contributed by atoms with Gasteiger partial charge in [-0.15, -0.1) is 10.2 Å². The molecule has 0 aliphatic heterocycles. The Bertz CT molecular complexity index is 566. The Morgan fingerprint density at radius 3 is 2.45 bits per heavy atom. The summed E-state index contributed by atoms with van der Waals surface area (Å²) in [5.74, 6) is -0.419. The van der Waals surface area contributed by atoms with Gasteiger partial charge in [0.05, 0.1) is 7.11 Å². The van der Waals surface area contributed by atoms with Gasteiger partial charge in [0.1, 0.15) is 11.3 Å². The molecule has 1 rings (SSSR count). The topological polar surface area (TPSA) is 102 Å². The number of methoxy groups -OCH3 is 1. The SMILES string of the molecule is COC(=O)/C(=C/Nc1ccc(Cl)nn1)NC(=O)OC(C)(C)C. The highest BCUT2D eigenvalue weighted by Crippen LogP contribution is 2.09. The number of aromatic nitrogens is 2. The molecule has 1 amide bonds. The van der Waals surface area contributed by atoms with E-state index in [0.29, 0.717) is 5.82 Å². The molecule has 0 radical (unpaired) electrons. The third-order valence-corrected chi connectivity index (χ3v) is 2.24. The summed E-state index contributed by atoms with van der Waals surface area (Å²) in [4.78, 5) is 23.3. The van der Waals surface area contributed by atoms with Crippen LogP contribution < -0.4 is 10.6 Å². The molecule has 1 aromatic rings. The van der Waals surface area contributed by atoms with E-state index in [-0.39, 0.29) is 10.9 Å². The van der Waals surface area contributed by atoms with Crippen molar-refractivity contribution in [1.82, 2.24) is 15.5 Å². The average Bonchev–Trinajstić information content (AvgIpc) is 2.42. The van der Waals surface area contributed by atoms with Crippen LogP contribution in [0.2, 0.25) is 5.15 Å². The fourth-order valence-electron chi connectivity index (χ4n) is 1.21. The largest absolute Gasteiger partial charge is 0.464 e. The summed E-state index contributed by atoms with van der Waals surface area (Å²) >= 11 is 5.61. The van der Waals surface area contributed by atoms with Gasteiger partial charge in [0.2, 0.25) is 0 Å². The first-order valence-electron chi connectivity index (χ1n) is 6.25. The molecule has 0 unspecified atom stereocenters. The van der Waals surface area contributed by atoms with Crippen molar-refractivity contribution >= 4 is 29.5 Å². The van der Waals surface area contributed by atoms with Crippen molar-refractivity contribution in [2.75, 3.05) is 12.4 Å². The summed E-state index contributed by atoms with van der Waals surface area (Å²) < 4.78 is 9.64. The van der Waals surface area contributed by atoms with E-state index in [0.717, 1.165) is 0 Å². The Labute approximate surface area is 132 Å². The Hall–Kier alpha value is -2.35. The number of hydrogen-bond acceptors (Lipinski definition) is 7. The van der Waals surface area contributed by atoms with Crippen LogP contribution in [0.3, 0.4) is 0 Å². The molecule has 0 aliphatic carbocycles. The zero-order valence-electron chi connectivity index (χ0n) is 12.6. The van der Waals surface area contributed by atoms with E-state index in [2.05, 4.69) is 25.6 Å². The van der Waals surface area contributed by atoms with Crippen molar-refractivity contribution in [3.8, 4) is 0 Å². The molecule has 8 nitrogen and oxygen atoms in total. The molecular weight excluding hydrogens is 312 g/mol. The molecule has 0 aromatic carbocycles. The number of carbonyl (C=O) groups is 2. The molecule has 0 saturated heterocycles. The normalized spacial score (nSPS) is 11.6. The first kappa shape index (κ1) is 17.7. The highest BCUT2D eigenvalue weighted by molar-refractivity contribution is 6.29. The number of esters is 1. The number of alkyl carbamates (subject to hydrolysis) is 1. The molecule has 1 aromatic heterocycles. The molecule has 1 heterocycles. The van der Waals surface area contributed by atoms with Crippen molar-refractivity contribution < 1.29 is 19.1 Å². The van der Waals surface area contributed by atoms with E-state index in [4.69, 9.17) is 16.3 Å². The Morgan fingerprint density at radius 1 is 1.27 bits per heavy atom. The monoisotopic (exact) mass is 328 g/mol. The van der Waals surface area contributed by atoms with Crippen molar-refractivity contribution in [2.24, 2.45) is 0 Å². The Morgan fingerprint density at radius 2 is 1.95 bits per heavy atom. The van der Waals surface area contributed by atoms with E-state index in [1.165, 1.54) is 19.4 Å². The van der Waals surface area contributed by atoms with E-state index in [9.17, 15) is 9.59 Å². The molecule has 0 spiro atoms. The van der Waals surface area contributed by atoms with E-state index < -0.39 is 17.7 Å². The van der Waals surface area contributed by atoms with Crippen molar-refractivity contribution in [3.05, 3.63) is 29.2 Å². The summed E-state index contributed by atoms with van der Waals surface area (Å²) in [5.41, 5.74) is -0.839. The second-order valence-electron chi connectivity index (χ2n) is 5.06. The number of ether oxygens (including phenoxy) is 2. The third kappa shape index (κ3) is 6.40. The quantitative estimate of drug-likeness (QED) is 0.644. The van der Waals surface area contributed by atoms with Crippen LogP contribution in [-0.4, -0.2) is 35.0 Å². The average molecular weight is 329 g/mol. The second-order valence-corrected chi connectivity index (χ2v) is 5.45. The zero-order chi connectivity index (χ0) is 16.8. The molecular formula is C13H17ClN4O4. The number of rotatable bonds is 4. The van der Waals surface area contributed by atoms with Crippen LogP contribution in [0.25, 0.3) is 0 Å². The number of amides is 1. The number of nitrogens with zero attached hydrogens (tertiary/aromatic N) is 2. The van der Waals surface area contributed by atoms with Gasteiger partial charge >= 0.3 is 12.1 Å². The van der Waals surface area contributed by atoms with Gasteiger partial charge in [-0.2, -0.15) is 0 Å². The van der Waals surface area contributed by atoms with Gasteiger partial charge in [-0.05, 0) is 32.9 Å². The van der Waals surface area contributed by atoms with Crippen molar-refractivity contribution in [1.29, 1.82) is 0 Å². The maximum atomic E-state index is 11.7. The van der Waals surface area contributed by atoms with Crippen LogP contribution in [-0.2, 0) is 14.3 Å². The van der Waals surface area contributed by atoms with E-state index in [1.807, 2.05) is 0 Å². The maximum Gasteiger partial charge on any atom is 0.412 e. The highest BCUT2D eigenvalue weighted by Gasteiger charge is 2.20. The lowest BCUT2D eigenvalue weighted by atomic mass is 10.2. The number of anilines is 1. The smallest absolute Gasteiger partial charge is 0.412 e. The van der Waals surface area contributed by atoms with Crippen LogP contribution in [0.15, 0.2) is 24.0 Å². The van der Waals surface area contributed by atoms with Gasteiger partial charge in [-0.1, -0.05) is 11.6 Å². The summed E-state index contributed by atoms with van der Waals surface area (Å²) in [6.07, 6.45) is 0.432. The Balaban J connectivity index is 2.79. The molecule has 0 fully saturated rings. The van der Waals surface area contributed by atoms with Crippen molar-refractivity contribution in [2.45, 2.75) is 26.4 Å². The van der Waals surface area contributed by atoms with E-state index >= 15 is 0 Å². The molecule has 9 heteroatoms. The number of nitrogens with one attached hydrogen (secondary N) is 2. The summed E-state index contributed by atoms with van der Waals surface area (Å²) in [6.45, 7) is 5.11. The lowest BCUT2D eigenvalue weighted by Gasteiger charge is -2.20. The predicted molar refractivity (Wildman–Crippen MR) is 80.1 cm³/mol. The maximum absolute atomic E-state index is 11.7. The minimum Gasteiger partial charge on any atom is -0.464 e. The van der Waals surface area contributed by atoms with Crippen LogP contribution in [0, 0.1) is 0 Å². The lowest BCUT2D eigenvalue weighted by Crippen LogP contribution is -2.34. The number of carbonyl (C=O) groups excluding carboxylic acids is 2. The Kier molecular flexibility index (Phi) is 6.11. The first-order chi connectivity index (χ1) is 10.2. The van der Waals surface area contributed by atoms with Crippen LogP contribution in [0.5, 0.6) is 0 Å². The summed E-state index contributed by atoms with van der Waals surface area (Å²) in [5, 5.41) is 12.6.